The van der Waals surface area contributed by atoms with Crippen LogP contribution in [0.5, 0.6) is 0 Å². The monoisotopic (exact) mass is 562 g/mol. The van der Waals surface area contributed by atoms with Gasteiger partial charge in [-0.3, -0.25) is 9.78 Å². The second-order valence-corrected chi connectivity index (χ2v) is 13.3. The second-order valence-electron chi connectivity index (χ2n) is 12.2. The van der Waals surface area contributed by atoms with Crippen molar-refractivity contribution in [2.45, 2.75) is 85.7 Å². The second kappa shape index (κ2) is 11.3. The third-order valence-electron chi connectivity index (χ3n) is 7.99. The summed E-state index contributed by atoms with van der Waals surface area (Å²) in [6.45, 7) is 9.85. The number of rotatable bonds is 6. The molecule has 2 heterocycles. The Bertz CT molecular complexity index is 1470. The Kier molecular flexibility index (Phi) is 8.00. The average Bonchev–Trinajstić information content (AvgIpc) is 3.27. The maximum Gasteiger partial charge on any atom is 0.341 e. The van der Waals surface area contributed by atoms with Crippen LogP contribution in [0, 0.1) is 11.3 Å². The summed E-state index contributed by atoms with van der Waals surface area (Å²) in [5, 5.41) is 4.06. The van der Waals surface area contributed by atoms with Gasteiger partial charge < -0.3 is 14.8 Å². The third-order valence-corrected chi connectivity index (χ3v) is 9.20. The molecule has 1 N–H and O–H groups in total. The molecule has 2 aliphatic carbocycles. The van der Waals surface area contributed by atoms with Crippen molar-refractivity contribution in [2.24, 2.45) is 11.3 Å². The predicted octanol–water partition coefficient (Wildman–Crippen LogP) is 6.69. The van der Waals surface area contributed by atoms with Gasteiger partial charge in [-0.1, -0.05) is 39.0 Å². The van der Waals surface area contributed by atoms with Crippen molar-refractivity contribution in [2.75, 3.05) is 11.9 Å². The summed E-state index contributed by atoms with van der Waals surface area (Å²) in [4.78, 5) is 45.6. The number of amides is 1. The number of hydrogen-bond acceptors (Lipinski definition) is 7. The fourth-order valence-corrected chi connectivity index (χ4v) is 7.16. The lowest BCUT2D eigenvalue weighted by atomic mass is 9.70. The SMILES string of the molecule is CC(C)OC(=O)c1c(NC(=O)COC(=O)c2c3c(nc4ccccc24)CCC(C(C)(C)C)C3)sc2c1CCCC2. The number of aromatic nitrogens is 1. The highest BCUT2D eigenvalue weighted by Crippen LogP contribution is 2.40. The van der Waals surface area contributed by atoms with Crippen LogP contribution in [0.3, 0.4) is 0 Å². The molecule has 7 nitrogen and oxygen atoms in total. The van der Waals surface area contributed by atoms with Gasteiger partial charge >= 0.3 is 11.9 Å². The van der Waals surface area contributed by atoms with E-state index >= 15 is 0 Å². The molecule has 0 bridgehead atoms. The number of thiophene rings is 1. The Morgan fingerprint density at radius 2 is 1.77 bits per heavy atom. The molecule has 1 amide bonds. The molecule has 2 aromatic heterocycles. The molecule has 0 aliphatic heterocycles. The van der Waals surface area contributed by atoms with E-state index in [4.69, 9.17) is 14.5 Å². The van der Waals surface area contributed by atoms with Gasteiger partial charge in [0.2, 0.25) is 0 Å². The number of fused-ring (bicyclic) bond motifs is 3. The lowest BCUT2D eigenvalue weighted by Gasteiger charge is -2.35. The molecule has 0 saturated heterocycles. The van der Waals surface area contributed by atoms with Gasteiger partial charge in [0.1, 0.15) is 5.00 Å². The molecule has 2 aliphatic rings. The van der Waals surface area contributed by atoms with Crippen molar-refractivity contribution in [1.82, 2.24) is 4.98 Å². The third kappa shape index (κ3) is 5.78. The minimum absolute atomic E-state index is 0.0959. The van der Waals surface area contributed by atoms with E-state index in [-0.39, 0.29) is 11.5 Å². The molecular formula is C32H38N2O5S. The Morgan fingerprint density at radius 3 is 2.52 bits per heavy atom. The number of ether oxygens (including phenoxy) is 2. The van der Waals surface area contributed by atoms with E-state index in [0.717, 1.165) is 77.5 Å². The summed E-state index contributed by atoms with van der Waals surface area (Å²) in [5.41, 5.74) is 4.64. The van der Waals surface area contributed by atoms with Gasteiger partial charge in [-0.2, -0.15) is 0 Å². The first-order chi connectivity index (χ1) is 19.0. The highest BCUT2D eigenvalue weighted by atomic mass is 32.1. The first kappa shape index (κ1) is 28.3. The summed E-state index contributed by atoms with van der Waals surface area (Å²) >= 11 is 1.42. The Hall–Kier alpha value is -3.26. The minimum atomic E-state index is -0.524. The summed E-state index contributed by atoms with van der Waals surface area (Å²) in [7, 11) is 0. The van der Waals surface area contributed by atoms with Crippen molar-refractivity contribution in [3.05, 3.63) is 57.1 Å². The van der Waals surface area contributed by atoms with Crippen LogP contribution < -0.4 is 5.32 Å². The van der Waals surface area contributed by atoms with E-state index in [0.29, 0.717) is 22.0 Å². The number of nitrogens with one attached hydrogen (secondary N) is 1. The van der Waals surface area contributed by atoms with E-state index in [1.165, 1.54) is 11.3 Å². The Morgan fingerprint density at radius 1 is 1.02 bits per heavy atom. The van der Waals surface area contributed by atoms with Crippen LogP contribution in [-0.2, 0) is 40.0 Å². The number of carbonyl (C=O) groups is 3. The van der Waals surface area contributed by atoms with Crippen LogP contribution in [0.1, 0.15) is 96.3 Å². The topological polar surface area (TPSA) is 94.6 Å². The fourth-order valence-electron chi connectivity index (χ4n) is 5.87. The predicted molar refractivity (Wildman–Crippen MR) is 157 cm³/mol. The zero-order chi connectivity index (χ0) is 28.6. The molecule has 212 valence electrons. The van der Waals surface area contributed by atoms with E-state index in [1.54, 1.807) is 13.8 Å². The molecule has 0 radical (unpaired) electrons. The summed E-state index contributed by atoms with van der Waals surface area (Å²) in [5.74, 6) is -1.02. The molecule has 40 heavy (non-hydrogen) atoms. The van der Waals surface area contributed by atoms with Crippen LogP contribution in [0.25, 0.3) is 10.9 Å². The molecule has 8 heteroatoms. The molecule has 0 fully saturated rings. The number of carbonyl (C=O) groups excluding carboxylic acids is 3. The van der Waals surface area contributed by atoms with Crippen molar-refractivity contribution in [3.63, 3.8) is 0 Å². The number of anilines is 1. The van der Waals surface area contributed by atoms with Gasteiger partial charge in [0.15, 0.2) is 6.61 Å². The van der Waals surface area contributed by atoms with Gasteiger partial charge in [-0.05, 0) is 87.3 Å². The zero-order valence-electron chi connectivity index (χ0n) is 24.0. The van der Waals surface area contributed by atoms with Crippen molar-refractivity contribution in [3.8, 4) is 0 Å². The van der Waals surface area contributed by atoms with Gasteiger partial charge in [0.05, 0.1) is 22.7 Å². The van der Waals surface area contributed by atoms with Crippen molar-refractivity contribution >= 4 is 45.1 Å². The van der Waals surface area contributed by atoms with Gasteiger partial charge in [-0.25, -0.2) is 9.59 Å². The molecule has 0 spiro atoms. The molecule has 0 saturated carbocycles. The molecule has 3 aromatic rings. The molecule has 1 atom stereocenters. The normalized spacial score (nSPS) is 16.8. The zero-order valence-corrected chi connectivity index (χ0v) is 24.8. The smallest absolute Gasteiger partial charge is 0.341 e. The largest absolute Gasteiger partial charge is 0.459 e. The Labute approximate surface area is 239 Å². The van der Waals surface area contributed by atoms with Crippen LogP contribution in [0.4, 0.5) is 5.00 Å². The highest BCUT2D eigenvalue weighted by Gasteiger charge is 2.33. The first-order valence-electron chi connectivity index (χ1n) is 14.3. The molecule has 1 aromatic carbocycles. The molecular weight excluding hydrogens is 524 g/mol. The van der Waals surface area contributed by atoms with Crippen LogP contribution >= 0.6 is 11.3 Å². The number of esters is 2. The van der Waals surface area contributed by atoms with E-state index in [2.05, 4.69) is 26.1 Å². The van der Waals surface area contributed by atoms with E-state index < -0.39 is 24.5 Å². The highest BCUT2D eigenvalue weighted by molar-refractivity contribution is 7.17. The van der Waals surface area contributed by atoms with Crippen LogP contribution in [0.15, 0.2) is 24.3 Å². The lowest BCUT2D eigenvalue weighted by Crippen LogP contribution is -2.29. The van der Waals surface area contributed by atoms with Gasteiger partial charge in [-0.15, -0.1) is 11.3 Å². The Balaban J connectivity index is 1.38. The summed E-state index contributed by atoms with van der Waals surface area (Å²) in [6, 6.07) is 7.60. The summed E-state index contributed by atoms with van der Waals surface area (Å²) in [6.07, 6.45) is 6.02. The molecule has 1 unspecified atom stereocenters. The van der Waals surface area contributed by atoms with Gasteiger partial charge in [0, 0.05) is 16.0 Å². The fraction of sp³-hybridized carbons (Fsp3) is 0.500. The van der Waals surface area contributed by atoms with E-state index in [1.807, 2.05) is 24.3 Å². The number of pyridine rings is 1. The molecule has 5 rings (SSSR count). The van der Waals surface area contributed by atoms with Crippen molar-refractivity contribution in [1.29, 1.82) is 0 Å². The van der Waals surface area contributed by atoms with Crippen LogP contribution in [-0.4, -0.2) is 35.5 Å². The number of para-hydroxylation sites is 1. The number of benzene rings is 1. The number of hydrogen-bond donors (Lipinski definition) is 1. The number of nitrogens with zero attached hydrogens (tertiary/aromatic N) is 1. The maximum absolute atomic E-state index is 13.6. The standard InChI is InChI=1S/C32H38N2O5S/c1-18(2)39-31(37)28-21-11-7-9-13-25(21)40-29(28)34-26(35)17-38-30(36)27-20-10-6-8-12-23(20)33-24-15-14-19(16-22(24)27)32(3,4)5/h6,8,10,12,18-19H,7,9,11,13-17H2,1-5H3,(H,34,35). The number of aryl methyl sites for hydroxylation is 2. The van der Waals surface area contributed by atoms with Gasteiger partial charge in [0.25, 0.3) is 5.91 Å². The summed E-state index contributed by atoms with van der Waals surface area (Å²) < 4.78 is 11.1. The quantitative estimate of drug-likeness (QED) is 0.337. The minimum Gasteiger partial charge on any atom is -0.459 e. The average molecular weight is 563 g/mol. The first-order valence-corrected chi connectivity index (χ1v) is 15.1. The van der Waals surface area contributed by atoms with Crippen LogP contribution in [0.2, 0.25) is 0 Å². The lowest BCUT2D eigenvalue weighted by molar-refractivity contribution is -0.119. The van der Waals surface area contributed by atoms with E-state index in [9.17, 15) is 14.4 Å². The maximum atomic E-state index is 13.6. The van der Waals surface area contributed by atoms with Crippen molar-refractivity contribution < 1.29 is 23.9 Å².